The molecule has 0 saturated carbocycles. The standard InChI is InChI=1S/C22H36N4O/c27-22(23-13-8-16-25-14-6-1-2-7-15-25)24-21-11-17-26(18-12-21)19-20-9-4-3-5-10-20/h3-5,9-10,21H,1-2,6-8,11-19H2,(H2,23,24,27). The van der Waals surface area contributed by atoms with Gasteiger partial charge in [0.2, 0.25) is 0 Å². The van der Waals surface area contributed by atoms with Crippen molar-refractivity contribution < 1.29 is 4.79 Å². The first-order valence-electron chi connectivity index (χ1n) is 10.8. The number of rotatable bonds is 7. The van der Waals surface area contributed by atoms with Crippen molar-refractivity contribution in [2.75, 3.05) is 39.3 Å². The molecule has 2 amide bonds. The van der Waals surface area contributed by atoms with E-state index in [4.69, 9.17) is 0 Å². The van der Waals surface area contributed by atoms with Crippen molar-refractivity contribution in [3.63, 3.8) is 0 Å². The highest BCUT2D eigenvalue weighted by Crippen LogP contribution is 2.14. The quantitative estimate of drug-likeness (QED) is 0.723. The van der Waals surface area contributed by atoms with E-state index in [1.807, 2.05) is 0 Å². The van der Waals surface area contributed by atoms with Crippen LogP contribution in [0.15, 0.2) is 30.3 Å². The molecule has 2 N–H and O–H groups in total. The second-order valence-electron chi connectivity index (χ2n) is 8.05. The predicted octanol–water partition coefficient (Wildman–Crippen LogP) is 3.22. The van der Waals surface area contributed by atoms with E-state index < -0.39 is 0 Å². The Morgan fingerprint density at radius 3 is 2.33 bits per heavy atom. The van der Waals surface area contributed by atoms with Gasteiger partial charge in [-0.1, -0.05) is 43.2 Å². The Kier molecular flexibility index (Phi) is 8.43. The predicted molar refractivity (Wildman–Crippen MR) is 111 cm³/mol. The van der Waals surface area contributed by atoms with Crippen molar-refractivity contribution in [1.29, 1.82) is 0 Å². The zero-order valence-electron chi connectivity index (χ0n) is 16.7. The van der Waals surface area contributed by atoms with Crippen LogP contribution in [-0.4, -0.2) is 61.1 Å². The molecule has 1 aromatic rings. The maximum atomic E-state index is 12.1. The monoisotopic (exact) mass is 372 g/mol. The van der Waals surface area contributed by atoms with E-state index in [9.17, 15) is 4.79 Å². The average Bonchev–Trinajstić information content (AvgIpc) is 2.96. The normalized spacial score (nSPS) is 20.1. The van der Waals surface area contributed by atoms with Gasteiger partial charge in [0.1, 0.15) is 0 Å². The van der Waals surface area contributed by atoms with E-state index in [-0.39, 0.29) is 6.03 Å². The average molecular weight is 373 g/mol. The topological polar surface area (TPSA) is 47.6 Å². The van der Waals surface area contributed by atoms with Gasteiger partial charge in [-0.2, -0.15) is 0 Å². The van der Waals surface area contributed by atoms with Crippen molar-refractivity contribution in [3.05, 3.63) is 35.9 Å². The SMILES string of the molecule is O=C(NCCCN1CCCCCC1)NC1CCN(Cc2ccccc2)CC1. The summed E-state index contributed by atoms with van der Waals surface area (Å²) < 4.78 is 0. The van der Waals surface area contributed by atoms with Gasteiger partial charge in [-0.25, -0.2) is 4.79 Å². The molecule has 0 bridgehead atoms. The van der Waals surface area contributed by atoms with Crippen LogP contribution in [0, 0.1) is 0 Å². The molecule has 0 aliphatic carbocycles. The fourth-order valence-electron chi connectivity index (χ4n) is 4.18. The summed E-state index contributed by atoms with van der Waals surface area (Å²) in [6.07, 6.45) is 8.53. The van der Waals surface area contributed by atoms with Gasteiger partial charge < -0.3 is 15.5 Å². The van der Waals surface area contributed by atoms with Crippen LogP contribution in [0.25, 0.3) is 0 Å². The van der Waals surface area contributed by atoms with Crippen molar-refractivity contribution in [1.82, 2.24) is 20.4 Å². The maximum Gasteiger partial charge on any atom is 0.315 e. The number of benzene rings is 1. The first kappa shape index (κ1) is 20.2. The molecule has 0 unspecified atom stereocenters. The number of likely N-dealkylation sites (tertiary alicyclic amines) is 2. The number of hydrogen-bond donors (Lipinski definition) is 2. The molecular weight excluding hydrogens is 336 g/mol. The largest absolute Gasteiger partial charge is 0.338 e. The molecule has 2 aliphatic rings. The van der Waals surface area contributed by atoms with Crippen LogP contribution in [0.4, 0.5) is 4.79 Å². The van der Waals surface area contributed by atoms with Crippen LogP contribution >= 0.6 is 0 Å². The Bertz CT molecular complexity index is 535. The number of hydrogen-bond acceptors (Lipinski definition) is 3. The highest BCUT2D eigenvalue weighted by molar-refractivity contribution is 5.74. The first-order chi connectivity index (χ1) is 13.3. The van der Waals surface area contributed by atoms with E-state index in [1.54, 1.807) is 0 Å². The summed E-state index contributed by atoms with van der Waals surface area (Å²) in [4.78, 5) is 17.2. The number of carbonyl (C=O) groups is 1. The van der Waals surface area contributed by atoms with Crippen LogP contribution in [0.1, 0.15) is 50.5 Å². The lowest BCUT2D eigenvalue weighted by Crippen LogP contribution is -2.48. The minimum absolute atomic E-state index is 0.00683. The number of urea groups is 1. The van der Waals surface area contributed by atoms with Crippen molar-refractivity contribution in [3.8, 4) is 0 Å². The second-order valence-corrected chi connectivity index (χ2v) is 8.05. The molecule has 0 atom stereocenters. The van der Waals surface area contributed by atoms with E-state index in [0.717, 1.165) is 52.0 Å². The molecule has 0 spiro atoms. The van der Waals surface area contributed by atoms with E-state index >= 15 is 0 Å². The summed E-state index contributed by atoms with van der Waals surface area (Å²) in [6, 6.07) is 10.9. The van der Waals surface area contributed by atoms with Gasteiger partial charge in [-0.3, -0.25) is 4.90 Å². The number of piperidine rings is 1. The minimum atomic E-state index is 0.00683. The molecule has 27 heavy (non-hydrogen) atoms. The van der Waals surface area contributed by atoms with Crippen LogP contribution in [0.3, 0.4) is 0 Å². The third-order valence-corrected chi connectivity index (χ3v) is 5.81. The molecule has 0 aromatic heterocycles. The lowest BCUT2D eigenvalue weighted by atomic mass is 10.0. The minimum Gasteiger partial charge on any atom is -0.338 e. The smallest absolute Gasteiger partial charge is 0.315 e. The summed E-state index contributed by atoms with van der Waals surface area (Å²) in [5.74, 6) is 0. The zero-order chi connectivity index (χ0) is 18.7. The van der Waals surface area contributed by atoms with Crippen molar-refractivity contribution >= 4 is 6.03 Å². The number of nitrogens with zero attached hydrogens (tertiary/aromatic N) is 2. The van der Waals surface area contributed by atoms with Crippen LogP contribution in [-0.2, 0) is 6.54 Å². The molecule has 150 valence electrons. The molecule has 5 nitrogen and oxygen atoms in total. The summed E-state index contributed by atoms with van der Waals surface area (Å²) in [6.45, 7) is 7.45. The van der Waals surface area contributed by atoms with Crippen LogP contribution in [0.5, 0.6) is 0 Å². The highest BCUT2D eigenvalue weighted by atomic mass is 16.2. The second kappa shape index (κ2) is 11.3. The molecule has 0 radical (unpaired) electrons. The summed E-state index contributed by atoms with van der Waals surface area (Å²) in [5.41, 5.74) is 1.37. The van der Waals surface area contributed by atoms with Crippen LogP contribution in [0.2, 0.25) is 0 Å². The van der Waals surface area contributed by atoms with Crippen LogP contribution < -0.4 is 10.6 Å². The molecule has 2 saturated heterocycles. The maximum absolute atomic E-state index is 12.1. The molecule has 2 fully saturated rings. The number of nitrogens with one attached hydrogen (secondary N) is 2. The fourth-order valence-corrected chi connectivity index (χ4v) is 4.18. The zero-order valence-corrected chi connectivity index (χ0v) is 16.7. The third-order valence-electron chi connectivity index (χ3n) is 5.81. The molecule has 2 aliphatic heterocycles. The van der Waals surface area contributed by atoms with Gasteiger partial charge in [-0.15, -0.1) is 0 Å². The van der Waals surface area contributed by atoms with Gasteiger partial charge in [-0.05, 0) is 57.3 Å². The first-order valence-corrected chi connectivity index (χ1v) is 10.8. The lowest BCUT2D eigenvalue weighted by molar-refractivity contribution is 0.186. The Hall–Kier alpha value is -1.59. The summed E-state index contributed by atoms with van der Waals surface area (Å²) in [7, 11) is 0. The van der Waals surface area contributed by atoms with Crippen molar-refractivity contribution in [2.45, 2.75) is 57.5 Å². The van der Waals surface area contributed by atoms with E-state index in [2.05, 4.69) is 50.8 Å². The molecule has 2 heterocycles. The number of amides is 2. The molecule has 5 heteroatoms. The third kappa shape index (κ3) is 7.51. The molecule has 1 aromatic carbocycles. The Morgan fingerprint density at radius 2 is 1.63 bits per heavy atom. The molecule has 3 rings (SSSR count). The number of carbonyl (C=O) groups excluding carboxylic acids is 1. The van der Waals surface area contributed by atoms with E-state index in [1.165, 1.54) is 44.3 Å². The van der Waals surface area contributed by atoms with Gasteiger partial charge in [0.25, 0.3) is 0 Å². The Morgan fingerprint density at radius 1 is 0.926 bits per heavy atom. The Balaban J connectivity index is 1.25. The lowest BCUT2D eigenvalue weighted by Gasteiger charge is -2.32. The van der Waals surface area contributed by atoms with Crippen molar-refractivity contribution in [2.24, 2.45) is 0 Å². The van der Waals surface area contributed by atoms with Gasteiger partial charge in [0.15, 0.2) is 0 Å². The van der Waals surface area contributed by atoms with Gasteiger partial charge >= 0.3 is 6.03 Å². The molecular formula is C22H36N4O. The summed E-state index contributed by atoms with van der Waals surface area (Å²) in [5, 5.41) is 6.21. The van der Waals surface area contributed by atoms with Gasteiger partial charge in [0, 0.05) is 32.2 Å². The Labute approximate surface area is 164 Å². The highest BCUT2D eigenvalue weighted by Gasteiger charge is 2.20. The fraction of sp³-hybridized carbons (Fsp3) is 0.682. The van der Waals surface area contributed by atoms with Gasteiger partial charge in [0.05, 0.1) is 0 Å². The van der Waals surface area contributed by atoms with E-state index in [0.29, 0.717) is 6.04 Å². The summed E-state index contributed by atoms with van der Waals surface area (Å²) >= 11 is 0.